The Kier molecular flexibility index (Phi) is 7.50. The molecule has 4 aliphatic carbocycles. The quantitative estimate of drug-likeness (QED) is 0.193. The number of nitrogens with zero attached hydrogens (tertiary/aromatic N) is 2. The van der Waals surface area contributed by atoms with E-state index in [-0.39, 0.29) is 5.92 Å². The van der Waals surface area contributed by atoms with Crippen molar-refractivity contribution in [2.24, 2.45) is 11.8 Å². The van der Waals surface area contributed by atoms with Crippen LogP contribution in [0.25, 0.3) is 39.7 Å². The van der Waals surface area contributed by atoms with Crippen molar-refractivity contribution in [3.05, 3.63) is 197 Å². The lowest BCUT2D eigenvalue weighted by Crippen LogP contribution is -2.31. The summed E-state index contributed by atoms with van der Waals surface area (Å²) < 4.78 is 0. The van der Waals surface area contributed by atoms with E-state index in [0.717, 1.165) is 35.4 Å². The summed E-state index contributed by atoms with van der Waals surface area (Å²) in [5, 5.41) is 0. The Morgan fingerprint density at radius 3 is 2.08 bits per heavy atom. The molecule has 4 aliphatic rings. The molecule has 3 aromatic carbocycles. The lowest BCUT2D eigenvalue weighted by molar-refractivity contribution is 0.419. The van der Waals surface area contributed by atoms with Gasteiger partial charge in [-0.1, -0.05) is 128 Å². The van der Waals surface area contributed by atoms with Gasteiger partial charge in [0.15, 0.2) is 0 Å². The van der Waals surface area contributed by atoms with E-state index in [0.29, 0.717) is 17.8 Å². The van der Waals surface area contributed by atoms with E-state index < -0.39 is 0 Å². The van der Waals surface area contributed by atoms with Crippen LogP contribution >= 0.6 is 0 Å². The molecule has 5 aromatic rings. The van der Waals surface area contributed by atoms with Crippen LogP contribution in [0.15, 0.2) is 169 Å². The van der Waals surface area contributed by atoms with Crippen molar-refractivity contribution in [1.29, 1.82) is 0 Å². The molecule has 0 amide bonds. The van der Waals surface area contributed by atoms with E-state index in [1.165, 1.54) is 50.1 Å². The molecule has 0 saturated heterocycles. The summed E-state index contributed by atoms with van der Waals surface area (Å²) in [5.41, 5.74) is 16.7. The molecule has 236 valence electrons. The zero-order valence-corrected chi connectivity index (χ0v) is 27.7. The summed E-state index contributed by atoms with van der Waals surface area (Å²) >= 11 is 0. The fourth-order valence-electron chi connectivity index (χ4n) is 8.59. The Morgan fingerprint density at radius 2 is 1.37 bits per heavy atom. The molecule has 0 N–H and O–H groups in total. The minimum absolute atomic E-state index is 0.250. The molecule has 0 saturated carbocycles. The summed E-state index contributed by atoms with van der Waals surface area (Å²) in [6.07, 6.45) is 24.9. The van der Waals surface area contributed by atoms with Crippen LogP contribution < -0.4 is 0 Å². The van der Waals surface area contributed by atoms with Crippen molar-refractivity contribution in [1.82, 2.24) is 9.97 Å². The Hall–Kier alpha value is -5.60. The number of fused-ring (bicyclic) bond motifs is 3. The van der Waals surface area contributed by atoms with Crippen molar-refractivity contribution in [3.63, 3.8) is 0 Å². The third kappa shape index (κ3) is 5.29. The number of benzene rings is 3. The molecule has 9 rings (SSSR count). The Balaban J connectivity index is 1.21. The highest BCUT2D eigenvalue weighted by Gasteiger charge is 2.42. The maximum absolute atomic E-state index is 4.62. The second kappa shape index (κ2) is 12.5. The van der Waals surface area contributed by atoms with Gasteiger partial charge in [0.25, 0.3) is 0 Å². The second-order valence-corrected chi connectivity index (χ2v) is 13.7. The van der Waals surface area contributed by atoms with Gasteiger partial charge in [0.05, 0.1) is 11.4 Å². The summed E-state index contributed by atoms with van der Waals surface area (Å²) in [6, 6.07) is 37.4. The molecule has 2 heteroatoms. The van der Waals surface area contributed by atoms with Crippen molar-refractivity contribution < 1.29 is 0 Å². The maximum Gasteiger partial charge on any atom is 0.0701 e. The van der Waals surface area contributed by atoms with Gasteiger partial charge in [-0.3, -0.25) is 9.97 Å². The van der Waals surface area contributed by atoms with Crippen molar-refractivity contribution >= 4 is 17.2 Å². The highest BCUT2D eigenvalue weighted by atomic mass is 14.7. The van der Waals surface area contributed by atoms with Gasteiger partial charge >= 0.3 is 0 Å². The first-order valence-corrected chi connectivity index (χ1v) is 17.6. The average molecular weight is 631 g/mol. The SMILES string of the molecule is CC1CC=Cc2cccc(C3=CC4=C(c5ccc(-c6ccccn6)cc5)C5=CC=CCC5C(c5ccc(-c6ccccn6)cc5)C4C=C3)c21. The smallest absolute Gasteiger partial charge is 0.0701 e. The molecule has 0 radical (unpaired) electrons. The number of rotatable bonds is 5. The first-order valence-electron chi connectivity index (χ1n) is 17.6. The van der Waals surface area contributed by atoms with E-state index in [1.54, 1.807) is 0 Å². The van der Waals surface area contributed by atoms with Crippen LogP contribution in [0.5, 0.6) is 0 Å². The van der Waals surface area contributed by atoms with Crippen LogP contribution in [-0.4, -0.2) is 9.97 Å². The van der Waals surface area contributed by atoms with Gasteiger partial charge in [-0.2, -0.15) is 0 Å². The third-order valence-corrected chi connectivity index (χ3v) is 10.9. The first-order chi connectivity index (χ1) is 24.2. The fraction of sp³-hybridized carbons (Fsp3) is 0.149. The maximum atomic E-state index is 4.62. The average Bonchev–Trinajstić information content (AvgIpc) is 3.17. The minimum Gasteiger partial charge on any atom is -0.256 e. The topological polar surface area (TPSA) is 25.8 Å². The second-order valence-electron chi connectivity index (χ2n) is 13.7. The van der Waals surface area contributed by atoms with E-state index in [9.17, 15) is 0 Å². The zero-order chi connectivity index (χ0) is 32.7. The zero-order valence-electron chi connectivity index (χ0n) is 27.7. The van der Waals surface area contributed by atoms with Gasteiger partial charge < -0.3 is 0 Å². The molecule has 2 aromatic heterocycles. The van der Waals surface area contributed by atoms with E-state index in [4.69, 9.17) is 0 Å². The number of allylic oxidation sites excluding steroid dienone is 11. The van der Waals surface area contributed by atoms with Crippen molar-refractivity contribution in [2.75, 3.05) is 0 Å². The molecule has 0 bridgehead atoms. The lowest BCUT2D eigenvalue weighted by atomic mass is 9.60. The predicted molar refractivity (Wildman–Crippen MR) is 203 cm³/mol. The predicted octanol–water partition coefficient (Wildman–Crippen LogP) is 11.7. The highest BCUT2D eigenvalue weighted by molar-refractivity contribution is 5.92. The number of hydrogen-bond donors (Lipinski definition) is 0. The summed E-state index contributed by atoms with van der Waals surface area (Å²) in [6.45, 7) is 2.37. The molecule has 4 unspecified atom stereocenters. The van der Waals surface area contributed by atoms with E-state index in [2.05, 4.69) is 156 Å². The Morgan fingerprint density at radius 1 is 0.653 bits per heavy atom. The number of pyridine rings is 2. The van der Waals surface area contributed by atoms with Crippen molar-refractivity contribution in [2.45, 2.75) is 31.6 Å². The normalized spacial score (nSPS) is 22.1. The summed E-state index contributed by atoms with van der Waals surface area (Å²) in [4.78, 5) is 9.23. The van der Waals surface area contributed by atoms with Gasteiger partial charge in [0.2, 0.25) is 0 Å². The van der Waals surface area contributed by atoms with Crippen molar-refractivity contribution in [3.8, 4) is 22.5 Å². The molecule has 0 fully saturated rings. The molecule has 2 heterocycles. The Bertz CT molecular complexity index is 2210. The molecular weight excluding hydrogens is 593 g/mol. The van der Waals surface area contributed by atoms with Gasteiger partial charge in [-0.15, -0.1) is 0 Å². The van der Waals surface area contributed by atoms with E-state index >= 15 is 0 Å². The molecule has 0 spiro atoms. The van der Waals surface area contributed by atoms with Crippen LogP contribution in [-0.2, 0) is 0 Å². The lowest BCUT2D eigenvalue weighted by Gasteiger charge is -2.43. The highest BCUT2D eigenvalue weighted by Crippen LogP contribution is 2.56. The number of hydrogen-bond acceptors (Lipinski definition) is 2. The van der Waals surface area contributed by atoms with Crippen LogP contribution in [0.2, 0.25) is 0 Å². The van der Waals surface area contributed by atoms with Gasteiger partial charge in [0.1, 0.15) is 0 Å². The largest absolute Gasteiger partial charge is 0.256 e. The van der Waals surface area contributed by atoms with Gasteiger partial charge in [-0.25, -0.2) is 0 Å². The first kappa shape index (κ1) is 29.5. The van der Waals surface area contributed by atoms with Crippen LogP contribution in [0.1, 0.15) is 59.4 Å². The van der Waals surface area contributed by atoms with E-state index in [1.807, 2.05) is 24.5 Å². The molecule has 0 aliphatic heterocycles. The molecule has 2 nitrogen and oxygen atoms in total. The molecule has 4 atom stereocenters. The summed E-state index contributed by atoms with van der Waals surface area (Å²) in [5.74, 6) is 1.43. The summed E-state index contributed by atoms with van der Waals surface area (Å²) in [7, 11) is 0. The Labute approximate surface area is 289 Å². The standard InChI is InChI=1S/C47H38N2/c1-31-10-8-11-34-12-9-15-38(45(31)34)37-26-27-41-42(30-37)47(36-24-20-33(21-25-36)44-17-5-7-29-49-44)40-14-3-2-13-39(40)46(41)35-22-18-32(19-23-35)43-16-4-6-28-48-43/h2-9,11-12,14-31,39,41,46H,10,13H2,1H3. The van der Waals surface area contributed by atoms with Gasteiger partial charge in [-0.05, 0) is 105 Å². The van der Waals surface area contributed by atoms with Crippen LogP contribution in [0.3, 0.4) is 0 Å². The monoisotopic (exact) mass is 630 g/mol. The number of aromatic nitrogens is 2. The molecule has 49 heavy (non-hydrogen) atoms. The molecular formula is C47H38N2. The van der Waals surface area contributed by atoms with Gasteiger partial charge in [0, 0.05) is 35.4 Å². The third-order valence-electron chi connectivity index (χ3n) is 10.9. The van der Waals surface area contributed by atoms with Crippen LogP contribution in [0, 0.1) is 11.8 Å². The van der Waals surface area contributed by atoms with Crippen LogP contribution in [0.4, 0.5) is 0 Å². The fourth-order valence-corrected chi connectivity index (χ4v) is 8.59. The minimum atomic E-state index is 0.250.